The zero-order valence-electron chi connectivity index (χ0n) is 67.5. The van der Waals surface area contributed by atoms with E-state index in [-0.39, 0.29) is 25.7 Å². The van der Waals surface area contributed by atoms with Gasteiger partial charge in [-0.1, -0.05) is 295 Å². The van der Waals surface area contributed by atoms with Crippen molar-refractivity contribution in [3.63, 3.8) is 0 Å². The molecule has 0 heterocycles. The summed E-state index contributed by atoms with van der Waals surface area (Å²) < 4.78 is 68.6. The van der Waals surface area contributed by atoms with Gasteiger partial charge in [0.05, 0.1) is 26.4 Å². The van der Waals surface area contributed by atoms with E-state index in [0.29, 0.717) is 32.1 Å². The lowest BCUT2D eigenvalue weighted by Crippen LogP contribution is -2.30. The van der Waals surface area contributed by atoms with Gasteiger partial charge in [-0.15, -0.1) is 0 Å². The summed E-state index contributed by atoms with van der Waals surface area (Å²) in [6, 6.07) is 0. The summed E-state index contributed by atoms with van der Waals surface area (Å²) in [4.78, 5) is 73.1. The second-order valence-electron chi connectivity index (χ2n) is 27.3. The predicted molar refractivity (Wildman–Crippen MR) is 445 cm³/mol. The molecule has 0 spiro atoms. The minimum atomic E-state index is -5.01. The number of hydrogen-bond donors (Lipinski definition) is 3. The fraction of sp³-hybridized carbons (Fsp3) is 0.663. The average Bonchev–Trinajstić information content (AvgIpc) is 0.892. The van der Waals surface area contributed by atoms with Crippen LogP contribution in [0.25, 0.3) is 0 Å². The predicted octanol–water partition coefficient (Wildman–Crippen LogP) is 24.8. The van der Waals surface area contributed by atoms with Crippen molar-refractivity contribution >= 4 is 39.5 Å². The van der Waals surface area contributed by atoms with Crippen LogP contribution in [0.5, 0.6) is 0 Å². The van der Waals surface area contributed by atoms with Crippen molar-refractivity contribution in [1.82, 2.24) is 0 Å². The Morgan fingerprint density at radius 2 is 0.500 bits per heavy atom. The van der Waals surface area contributed by atoms with Crippen molar-refractivity contribution < 1.29 is 80.2 Å². The molecule has 19 heteroatoms. The van der Waals surface area contributed by atoms with Crippen LogP contribution in [0.1, 0.15) is 323 Å². The first-order valence-corrected chi connectivity index (χ1v) is 44.7. The number of phosphoric acid groups is 2. The highest BCUT2D eigenvalue weighted by Crippen LogP contribution is 2.45. The number of rotatable bonds is 77. The summed E-state index contributed by atoms with van der Waals surface area (Å²) in [5, 5.41) is 10.7. The Bertz CT molecular complexity index is 2660. The Labute approximate surface area is 655 Å². The van der Waals surface area contributed by atoms with Gasteiger partial charge in [0.2, 0.25) is 0 Å². The highest BCUT2D eigenvalue weighted by atomic mass is 31.2. The second-order valence-corrected chi connectivity index (χ2v) is 30.2. The molecule has 0 saturated heterocycles. The number of allylic oxidation sites excluding steroid dienone is 26. The van der Waals surface area contributed by atoms with E-state index in [2.05, 4.69) is 167 Å². The van der Waals surface area contributed by atoms with Crippen LogP contribution < -0.4 is 0 Å². The summed E-state index contributed by atoms with van der Waals surface area (Å²) in [5.74, 6) is -2.31. The van der Waals surface area contributed by atoms with Crippen molar-refractivity contribution in [3.05, 3.63) is 158 Å². The highest BCUT2D eigenvalue weighted by Gasteiger charge is 2.30. The fourth-order valence-corrected chi connectivity index (χ4v) is 12.3. The molecule has 616 valence electrons. The standard InChI is InChI=1S/C89H148O17P2/c1-5-9-13-17-21-25-29-33-36-39-41-44-47-51-54-58-62-66-70-74-87(92)100-80-85(106-89(94)76-72-68-64-60-56-52-48-45-42-40-37-34-30-26-22-18-14-10-6-2)82-104-108(97,98)102-78-83(90)77-101-107(95,96)103-81-84(105-88(93)75-71-67-63-59-55-49-32-28-24-20-16-12-8-4)79-99-86(91)73-69-65-61-57-53-50-46-43-38-35-31-27-23-19-15-11-7-3/h9,11,13,15,21-23,25-28,32-38,41-42,44-45,51,54,62,66,83-85,90H,5-8,10,12,14,16-20,24,29-31,39-40,43,46-50,52-53,55-61,63-65,67-82H2,1-4H3,(H,95,96)(H,97,98)/b13-9-,15-11-,25-21-,26-22-,27-23-,32-28-,36-33-,37-34-,38-35-,44-41-,45-42-,54-51-,66-62-. The normalized spacial score (nSPS) is 14.6. The maximum Gasteiger partial charge on any atom is 0.472 e. The zero-order valence-corrected chi connectivity index (χ0v) is 69.3. The topological polar surface area (TPSA) is 237 Å². The molecule has 0 aromatic carbocycles. The Hall–Kier alpha value is -5.32. The van der Waals surface area contributed by atoms with Gasteiger partial charge in [-0.05, 0) is 161 Å². The molecule has 17 nitrogen and oxygen atoms in total. The molecule has 0 aromatic heterocycles. The number of ether oxygens (including phenoxy) is 4. The van der Waals surface area contributed by atoms with Crippen LogP contribution in [-0.2, 0) is 65.4 Å². The Morgan fingerprint density at radius 3 is 0.824 bits per heavy atom. The van der Waals surface area contributed by atoms with Gasteiger partial charge in [0.1, 0.15) is 19.3 Å². The summed E-state index contributed by atoms with van der Waals surface area (Å²) in [7, 11) is -10.0. The number of aliphatic hydroxyl groups is 1. The summed E-state index contributed by atoms with van der Waals surface area (Å²) in [5.41, 5.74) is 0. The number of carbonyl (C=O) groups excluding carboxylic acids is 4. The molecule has 0 bridgehead atoms. The van der Waals surface area contributed by atoms with Crippen molar-refractivity contribution in [3.8, 4) is 0 Å². The van der Waals surface area contributed by atoms with Crippen molar-refractivity contribution in [2.75, 3.05) is 39.6 Å². The van der Waals surface area contributed by atoms with Crippen molar-refractivity contribution in [2.45, 2.75) is 341 Å². The summed E-state index contributed by atoms with van der Waals surface area (Å²) in [6.45, 7) is 4.50. The number of unbranched alkanes of at least 4 members (excludes halogenated alkanes) is 25. The van der Waals surface area contributed by atoms with Gasteiger partial charge in [-0.25, -0.2) is 9.13 Å². The largest absolute Gasteiger partial charge is 0.472 e. The molecule has 108 heavy (non-hydrogen) atoms. The maximum atomic E-state index is 13.1. The van der Waals surface area contributed by atoms with Gasteiger partial charge in [-0.3, -0.25) is 37.3 Å². The molecule has 0 aliphatic carbocycles. The number of phosphoric ester groups is 2. The van der Waals surface area contributed by atoms with Crippen molar-refractivity contribution in [1.29, 1.82) is 0 Å². The molecule has 0 rings (SSSR count). The third-order valence-corrected chi connectivity index (χ3v) is 18.9. The molecule has 0 saturated carbocycles. The van der Waals surface area contributed by atoms with E-state index in [0.717, 1.165) is 193 Å². The minimum Gasteiger partial charge on any atom is -0.462 e. The lowest BCUT2D eigenvalue weighted by molar-refractivity contribution is -0.161. The number of aliphatic hydroxyl groups excluding tert-OH is 1. The molecule has 0 aliphatic rings. The SMILES string of the molecule is CC/C=C\C/C=C\C/C=C\C/C=C\C/C=C\C/C=C\CCC(=O)OCC(COP(=O)(O)OCC(O)COP(=O)(O)OCC(COC(=O)CCCCCCCCC/C=C\C/C=C\C/C=C\CC)OC(=O)CCCCCCC/C=C\CCCCCC)OC(=O)CCCCCCCC/C=C\C/C=C\C/C=C\CCCCC. The fourth-order valence-electron chi connectivity index (χ4n) is 10.7. The van der Waals surface area contributed by atoms with E-state index >= 15 is 0 Å². The average molecular weight is 1550 g/mol. The van der Waals surface area contributed by atoms with Crippen LogP contribution in [0, 0.1) is 0 Å². The number of carbonyl (C=O) groups is 4. The molecule has 3 N–H and O–H groups in total. The van der Waals surface area contributed by atoms with Crippen LogP contribution in [0.2, 0.25) is 0 Å². The second kappa shape index (κ2) is 79.8. The quantitative estimate of drug-likeness (QED) is 0.0169. The monoisotopic (exact) mass is 1550 g/mol. The van der Waals surface area contributed by atoms with Crippen LogP contribution in [0.3, 0.4) is 0 Å². The maximum absolute atomic E-state index is 13.1. The van der Waals surface area contributed by atoms with Crippen molar-refractivity contribution in [2.24, 2.45) is 0 Å². The molecule has 0 radical (unpaired) electrons. The molecule has 0 amide bonds. The van der Waals surface area contributed by atoms with E-state index in [1.54, 1.807) is 0 Å². The van der Waals surface area contributed by atoms with Gasteiger partial charge in [0.15, 0.2) is 12.2 Å². The molecule has 5 atom stereocenters. The first kappa shape index (κ1) is 103. The van der Waals surface area contributed by atoms with E-state index < -0.39 is 97.5 Å². The van der Waals surface area contributed by atoms with Gasteiger partial charge < -0.3 is 33.8 Å². The van der Waals surface area contributed by atoms with Crippen LogP contribution in [-0.4, -0.2) is 96.7 Å². The van der Waals surface area contributed by atoms with Crippen LogP contribution >= 0.6 is 15.6 Å². The number of hydrogen-bond acceptors (Lipinski definition) is 15. The molecule has 0 aromatic rings. The van der Waals surface area contributed by atoms with E-state index in [1.165, 1.54) is 44.9 Å². The molecule has 0 fully saturated rings. The zero-order chi connectivity index (χ0) is 78.9. The summed E-state index contributed by atoms with van der Waals surface area (Å²) >= 11 is 0. The first-order chi connectivity index (χ1) is 52.7. The number of esters is 4. The Balaban J connectivity index is 5.46. The van der Waals surface area contributed by atoms with Gasteiger partial charge in [-0.2, -0.15) is 0 Å². The Kier molecular flexibility index (Phi) is 75.8. The molecule has 5 unspecified atom stereocenters. The molecule has 0 aliphatic heterocycles. The lowest BCUT2D eigenvalue weighted by Gasteiger charge is -2.21. The molecular formula is C89H148O17P2. The van der Waals surface area contributed by atoms with Gasteiger partial charge in [0, 0.05) is 25.7 Å². The lowest BCUT2D eigenvalue weighted by atomic mass is 10.1. The Morgan fingerprint density at radius 1 is 0.269 bits per heavy atom. The van der Waals surface area contributed by atoms with Crippen LogP contribution in [0.4, 0.5) is 0 Å². The van der Waals surface area contributed by atoms with Gasteiger partial charge >= 0.3 is 39.5 Å². The first-order valence-electron chi connectivity index (χ1n) is 41.7. The van der Waals surface area contributed by atoms with E-state index in [1.807, 2.05) is 18.2 Å². The summed E-state index contributed by atoms with van der Waals surface area (Å²) in [6.07, 6.45) is 93.6. The van der Waals surface area contributed by atoms with E-state index in [4.69, 9.17) is 37.0 Å². The van der Waals surface area contributed by atoms with E-state index in [9.17, 15) is 43.2 Å². The highest BCUT2D eigenvalue weighted by molar-refractivity contribution is 7.47. The molecular weight excluding hydrogens is 1400 g/mol. The third kappa shape index (κ3) is 78.8. The minimum absolute atomic E-state index is 0.0284. The van der Waals surface area contributed by atoms with Crippen LogP contribution in [0.15, 0.2) is 158 Å². The third-order valence-electron chi connectivity index (χ3n) is 17.0. The smallest absolute Gasteiger partial charge is 0.462 e. The van der Waals surface area contributed by atoms with Gasteiger partial charge in [0.25, 0.3) is 0 Å².